The Hall–Kier alpha value is -0.950. The van der Waals surface area contributed by atoms with Crippen molar-refractivity contribution >= 4 is 50.1 Å². The SMILES string of the molecule is Cc1ccc(C(=O)Nc2ccc(Br)c(I)c2)c(C)n1. The van der Waals surface area contributed by atoms with E-state index in [-0.39, 0.29) is 5.91 Å². The largest absolute Gasteiger partial charge is 0.322 e. The maximum Gasteiger partial charge on any atom is 0.257 e. The Morgan fingerprint density at radius 3 is 2.63 bits per heavy atom. The van der Waals surface area contributed by atoms with Crippen LogP contribution in [0.5, 0.6) is 0 Å². The number of aryl methyl sites for hydroxylation is 2. The second-order valence-electron chi connectivity index (χ2n) is 4.17. The summed E-state index contributed by atoms with van der Waals surface area (Å²) in [4.78, 5) is 16.5. The molecule has 5 heteroatoms. The lowest BCUT2D eigenvalue weighted by Gasteiger charge is -2.08. The van der Waals surface area contributed by atoms with Crippen LogP contribution in [0.2, 0.25) is 0 Å². The van der Waals surface area contributed by atoms with Crippen LogP contribution in [0, 0.1) is 17.4 Å². The summed E-state index contributed by atoms with van der Waals surface area (Å²) in [7, 11) is 0. The topological polar surface area (TPSA) is 42.0 Å². The molecule has 19 heavy (non-hydrogen) atoms. The van der Waals surface area contributed by atoms with Gasteiger partial charge in [-0.1, -0.05) is 0 Å². The quantitative estimate of drug-likeness (QED) is 0.721. The number of carbonyl (C=O) groups excluding carboxylic acids is 1. The zero-order chi connectivity index (χ0) is 14.0. The second kappa shape index (κ2) is 6.00. The predicted octanol–water partition coefficient (Wildman–Crippen LogP) is 4.32. The fraction of sp³-hybridized carbons (Fsp3) is 0.143. The molecule has 0 radical (unpaired) electrons. The van der Waals surface area contributed by atoms with Crippen molar-refractivity contribution in [3.8, 4) is 0 Å². The zero-order valence-corrected chi connectivity index (χ0v) is 14.2. The maximum absolute atomic E-state index is 12.2. The molecule has 0 unspecified atom stereocenters. The number of hydrogen-bond donors (Lipinski definition) is 1. The van der Waals surface area contributed by atoms with Crippen molar-refractivity contribution in [3.05, 3.63) is 55.3 Å². The van der Waals surface area contributed by atoms with Crippen molar-refractivity contribution in [1.82, 2.24) is 4.98 Å². The summed E-state index contributed by atoms with van der Waals surface area (Å²) in [5.41, 5.74) is 3.03. The summed E-state index contributed by atoms with van der Waals surface area (Å²) < 4.78 is 2.06. The Kier molecular flexibility index (Phi) is 4.57. The number of amides is 1. The van der Waals surface area contributed by atoms with Crippen molar-refractivity contribution in [2.75, 3.05) is 5.32 Å². The molecule has 0 bridgehead atoms. The predicted molar refractivity (Wildman–Crippen MR) is 88.5 cm³/mol. The lowest BCUT2D eigenvalue weighted by atomic mass is 10.1. The Morgan fingerprint density at radius 1 is 1.26 bits per heavy atom. The van der Waals surface area contributed by atoms with Gasteiger partial charge >= 0.3 is 0 Å². The Bertz CT molecular complexity index is 643. The Balaban J connectivity index is 2.23. The Labute approximate surface area is 134 Å². The molecule has 1 aromatic carbocycles. The van der Waals surface area contributed by atoms with Crippen LogP contribution in [-0.2, 0) is 0 Å². The van der Waals surface area contributed by atoms with Crippen LogP contribution < -0.4 is 5.32 Å². The van der Waals surface area contributed by atoms with Gasteiger partial charge in [-0.3, -0.25) is 9.78 Å². The van der Waals surface area contributed by atoms with Gasteiger partial charge in [0.2, 0.25) is 0 Å². The molecule has 1 heterocycles. The molecular weight excluding hydrogens is 419 g/mol. The van der Waals surface area contributed by atoms with Crippen LogP contribution in [0.4, 0.5) is 5.69 Å². The molecule has 0 aliphatic heterocycles. The highest BCUT2D eigenvalue weighted by Crippen LogP contribution is 2.23. The number of nitrogens with one attached hydrogen (secondary N) is 1. The number of nitrogens with zero attached hydrogens (tertiary/aromatic N) is 1. The first-order chi connectivity index (χ1) is 8.97. The number of anilines is 1. The van der Waals surface area contributed by atoms with Crippen molar-refractivity contribution in [2.45, 2.75) is 13.8 Å². The number of hydrogen-bond acceptors (Lipinski definition) is 2. The molecule has 3 nitrogen and oxygen atoms in total. The average molecular weight is 431 g/mol. The van der Waals surface area contributed by atoms with E-state index >= 15 is 0 Å². The third-order valence-corrected chi connectivity index (χ3v) is 4.97. The van der Waals surface area contributed by atoms with Gasteiger partial charge in [0.05, 0.1) is 11.3 Å². The van der Waals surface area contributed by atoms with Gasteiger partial charge in [0.25, 0.3) is 5.91 Å². The van der Waals surface area contributed by atoms with E-state index in [4.69, 9.17) is 0 Å². The minimum absolute atomic E-state index is 0.136. The van der Waals surface area contributed by atoms with Crippen LogP contribution in [-0.4, -0.2) is 10.9 Å². The van der Waals surface area contributed by atoms with Crippen LogP contribution in [0.3, 0.4) is 0 Å². The van der Waals surface area contributed by atoms with Crippen LogP contribution in [0.25, 0.3) is 0 Å². The first-order valence-corrected chi connectivity index (χ1v) is 7.55. The Morgan fingerprint density at radius 2 is 2.00 bits per heavy atom. The summed E-state index contributed by atoms with van der Waals surface area (Å²) in [5, 5.41) is 2.88. The summed E-state index contributed by atoms with van der Waals surface area (Å²) in [6.07, 6.45) is 0. The van der Waals surface area contributed by atoms with E-state index in [2.05, 4.69) is 48.8 Å². The molecule has 0 atom stereocenters. The standard InChI is InChI=1S/C14H12BrIN2O/c1-8-3-5-11(9(2)17-8)14(19)18-10-4-6-12(15)13(16)7-10/h3-7H,1-2H3,(H,18,19). The molecule has 0 aliphatic rings. The van der Waals surface area contributed by atoms with Crippen molar-refractivity contribution in [3.63, 3.8) is 0 Å². The zero-order valence-electron chi connectivity index (χ0n) is 10.5. The molecule has 0 fully saturated rings. The van der Waals surface area contributed by atoms with Crippen LogP contribution in [0.15, 0.2) is 34.8 Å². The third-order valence-electron chi connectivity index (χ3n) is 2.65. The normalized spacial score (nSPS) is 10.3. The first-order valence-electron chi connectivity index (χ1n) is 5.68. The molecule has 1 amide bonds. The average Bonchev–Trinajstić information content (AvgIpc) is 2.33. The van der Waals surface area contributed by atoms with E-state index in [1.165, 1.54) is 0 Å². The number of aromatic nitrogens is 1. The highest BCUT2D eigenvalue weighted by molar-refractivity contribution is 14.1. The second-order valence-corrected chi connectivity index (χ2v) is 6.19. The molecule has 1 aromatic heterocycles. The van der Waals surface area contributed by atoms with Crippen molar-refractivity contribution in [2.24, 2.45) is 0 Å². The van der Waals surface area contributed by atoms with E-state index in [1.54, 1.807) is 6.07 Å². The maximum atomic E-state index is 12.2. The van der Waals surface area contributed by atoms with Gasteiger partial charge in [-0.05, 0) is 82.7 Å². The highest BCUT2D eigenvalue weighted by Gasteiger charge is 2.10. The molecule has 0 aliphatic carbocycles. The lowest BCUT2D eigenvalue weighted by molar-refractivity contribution is 0.102. The molecule has 98 valence electrons. The molecule has 0 spiro atoms. The lowest BCUT2D eigenvalue weighted by Crippen LogP contribution is -2.14. The summed E-state index contributed by atoms with van der Waals surface area (Å²) >= 11 is 5.64. The van der Waals surface area contributed by atoms with E-state index in [0.717, 1.165) is 25.1 Å². The van der Waals surface area contributed by atoms with Gasteiger partial charge in [0.15, 0.2) is 0 Å². The fourth-order valence-corrected chi connectivity index (χ4v) is 2.46. The first kappa shape index (κ1) is 14.5. The minimum atomic E-state index is -0.136. The number of halogens is 2. The smallest absolute Gasteiger partial charge is 0.257 e. The highest BCUT2D eigenvalue weighted by atomic mass is 127. The molecular formula is C14H12BrIN2O. The molecule has 2 rings (SSSR count). The molecule has 2 aromatic rings. The molecule has 0 saturated carbocycles. The van der Waals surface area contributed by atoms with Crippen molar-refractivity contribution in [1.29, 1.82) is 0 Å². The molecule has 1 N–H and O–H groups in total. The summed E-state index contributed by atoms with van der Waals surface area (Å²) in [6.45, 7) is 3.75. The number of carbonyl (C=O) groups is 1. The minimum Gasteiger partial charge on any atom is -0.322 e. The summed E-state index contributed by atoms with van der Waals surface area (Å²) in [6, 6.07) is 9.34. The monoisotopic (exact) mass is 430 g/mol. The van der Waals surface area contributed by atoms with Gasteiger partial charge in [-0.15, -0.1) is 0 Å². The fourth-order valence-electron chi connectivity index (χ4n) is 1.70. The van der Waals surface area contributed by atoms with Gasteiger partial charge in [-0.2, -0.15) is 0 Å². The van der Waals surface area contributed by atoms with Gasteiger partial charge < -0.3 is 5.32 Å². The van der Waals surface area contributed by atoms with Gasteiger partial charge in [0, 0.05) is 19.4 Å². The van der Waals surface area contributed by atoms with Crippen LogP contribution >= 0.6 is 38.5 Å². The number of pyridine rings is 1. The van der Waals surface area contributed by atoms with Crippen molar-refractivity contribution < 1.29 is 4.79 Å². The summed E-state index contributed by atoms with van der Waals surface area (Å²) in [5.74, 6) is -0.136. The van der Waals surface area contributed by atoms with Gasteiger partial charge in [-0.25, -0.2) is 0 Å². The van der Waals surface area contributed by atoms with E-state index in [0.29, 0.717) is 5.56 Å². The van der Waals surface area contributed by atoms with E-state index in [9.17, 15) is 4.79 Å². The third kappa shape index (κ3) is 3.54. The van der Waals surface area contributed by atoms with E-state index < -0.39 is 0 Å². The van der Waals surface area contributed by atoms with Crippen LogP contribution in [0.1, 0.15) is 21.7 Å². The number of rotatable bonds is 2. The number of benzene rings is 1. The van der Waals surface area contributed by atoms with E-state index in [1.807, 2.05) is 38.1 Å². The molecule has 0 saturated heterocycles. The van der Waals surface area contributed by atoms with Gasteiger partial charge in [0.1, 0.15) is 0 Å².